The van der Waals surface area contributed by atoms with Gasteiger partial charge in [0.05, 0.1) is 0 Å². The molecule has 1 unspecified atom stereocenters. The molecule has 0 aliphatic heterocycles. The van der Waals surface area contributed by atoms with Gasteiger partial charge in [0.1, 0.15) is 11.6 Å². The molecule has 2 heterocycles. The van der Waals surface area contributed by atoms with Crippen LogP contribution in [0.3, 0.4) is 0 Å². The van der Waals surface area contributed by atoms with Crippen LogP contribution in [0.1, 0.15) is 60.3 Å². The minimum absolute atomic E-state index is 0.126. The SMILES string of the molecule is Cc1nc(C)c(C)c(NC(C)c2ccc(-c3nnc(C4CC4)o3)cc2)n1. The maximum Gasteiger partial charge on any atom is 0.247 e. The van der Waals surface area contributed by atoms with Crippen molar-refractivity contribution in [3.05, 3.63) is 52.8 Å². The lowest BCUT2D eigenvalue weighted by Gasteiger charge is -2.18. The maximum atomic E-state index is 5.78. The Balaban J connectivity index is 1.50. The fraction of sp³-hybridized carbons (Fsp3) is 0.400. The minimum atomic E-state index is 0.126. The number of aryl methyl sites for hydroxylation is 2. The summed E-state index contributed by atoms with van der Waals surface area (Å²) in [6.45, 7) is 8.09. The molecule has 26 heavy (non-hydrogen) atoms. The normalized spacial score (nSPS) is 15.1. The molecule has 134 valence electrons. The summed E-state index contributed by atoms with van der Waals surface area (Å²) in [5.41, 5.74) is 4.21. The van der Waals surface area contributed by atoms with E-state index in [2.05, 4.69) is 44.5 Å². The number of nitrogens with one attached hydrogen (secondary N) is 1. The Morgan fingerprint density at radius 3 is 2.46 bits per heavy atom. The van der Waals surface area contributed by atoms with E-state index in [0.717, 1.165) is 47.2 Å². The largest absolute Gasteiger partial charge is 0.420 e. The topological polar surface area (TPSA) is 76.7 Å². The maximum absolute atomic E-state index is 5.78. The molecule has 2 aromatic heterocycles. The second-order valence-corrected chi connectivity index (χ2v) is 7.04. The average molecular weight is 349 g/mol. The summed E-state index contributed by atoms with van der Waals surface area (Å²) in [7, 11) is 0. The summed E-state index contributed by atoms with van der Waals surface area (Å²) in [5, 5.41) is 11.8. The Kier molecular flexibility index (Phi) is 4.18. The van der Waals surface area contributed by atoms with Crippen molar-refractivity contribution in [2.24, 2.45) is 0 Å². The number of nitrogens with zero attached hydrogens (tertiary/aromatic N) is 4. The lowest BCUT2D eigenvalue weighted by molar-refractivity contribution is 0.508. The van der Waals surface area contributed by atoms with Crippen molar-refractivity contribution < 1.29 is 4.42 Å². The van der Waals surface area contributed by atoms with Crippen molar-refractivity contribution in [2.45, 2.75) is 52.5 Å². The highest BCUT2D eigenvalue weighted by atomic mass is 16.4. The Bertz CT molecular complexity index is 928. The van der Waals surface area contributed by atoms with Gasteiger partial charge in [0.2, 0.25) is 11.8 Å². The predicted octanol–water partition coefficient (Wildman–Crippen LogP) is 4.50. The van der Waals surface area contributed by atoms with E-state index in [9.17, 15) is 0 Å². The zero-order valence-corrected chi connectivity index (χ0v) is 15.6. The zero-order chi connectivity index (χ0) is 18.3. The lowest BCUT2D eigenvalue weighted by atomic mass is 10.1. The molecule has 6 heteroatoms. The number of aromatic nitrogens is 4. The Hall–Kier alpha value is -2.76. The summed E-state index contributed by atoms with van der Waals surface area (Å²) in [4.78, 5) is 8.94. The van der Waals surface area contributed by atoms with Crippen LogP contribution in [-0.4, -0.2) is 20.2 Å². The number of anilines is 1. The van der Waals surface area contributed by atoms with Gasteiger partial charge in [0, 0.05) is 28.8 Å². The van der Waals surface area contributed by atoms with Crippen molar-refractivity contribution in [1.29, 1.82) is 0 Å². The fourth-order valence-corrected chi connectivity index (χ4v) is 2.96. The Labute approximate surface area is 153 Å². The molecule has 1 aliphatic carbocycles. The molecule has 0 saturated heterocycles. The molecule has 1 aliphatic rings. The molecule has 4 rings (SSSR count). The van der Waals surface area contributed by atoms with Crippen LogP contribution in [0.5, 0.6) is 0 Å². The first-order valence-electron chi connectivity index (χ1n) is 9.03. The van der Waals surface area contributed by atoms with E-state index in [4.69, 9.17) is 4.42 Å². The first-order valence-corrected chi connectivity index (χ1v) is 9.03. The monoisotopic (exact) mass is 349 g/mol. The van der Waals surface area contributed by atoms with E-state index in [1.165, 1.54) is 5.56 Å². The standard InChI is InChI=1S/C20H23N5O/c1-11-12(2)21-14(4)23-18(11)22-13(3)15-5-7-16(8-6-15)19-24-25-20(26-19)17-9-10-17/h5-8,13,17H,9-10H2,1-4H3,(H,21,22,23). The van der Waals surface area contributed by atoms with E-state index in [1.54, 1.807) is 0 Å². The number of rotatable bonds is 5. The number of hydrogen-bond acceptors (Lipinski definition) is 6. The second kappa shape index (κ2) is 6.52. The van der Waals surface area contributed by atoms with Gasteiger partial charge in [-0.25, -0.2) is 9.97 Å². The van der Waals surface area contributed by atoms with Crippen molar-refractivity contribution in [2.75, 3.05) is 5.32 Å². The van der Waals surface area contributed by atoms with Crippen LogP contribution in [0, 0.1) is 20.8 Å². The third kappa shape index (κ3) is 3.31. The Morgan fingerprint density at radius 1 is 1.04 bits per heavy atom. The van der Waals surface area contributed by atoms with Crippen LogP contribution < -0.4 is 5.32 Å². The second-order valence-electron chi connectivity index (χ2n) is 7.04. The quantitative estimate of drug-likeness (QED) is 0.731. The van der Waals surface area contributed by atoms with E-state index in [-0.39, 0.29) is 6.04 Å². The molecule has 3 aromatic rings. The van der Waals surface area contributed by atoms with Gasteiger partial charge in [-0.2, -0.15) is 0 Å². The third-order valence-electron chi connectivity index (χ3n) is 4.88. The molecule has 1 N–H and O–H groups in total. The molecular formula is C20H23N5O. The molecule has 0 radical (unpaired) electrons. The van der Waals surface area contributed by atoms with Gasteiger partial charge in [0.15, 0.2) is 0 Å². The van der Waals surface area contributed by atoms with Crippen LogP contribution in [0.25, 0.3) is 11.5 Å². The molecule has 0 bridgehead atoms. The van der Waals surface area contributed by atoms with Crippen LogP contribution in [0.2, 0.25) is 0 Å². The molecule has 0 spiro atoms. The highest BCUT2D eigenvalue weighted by molar-refractivity contribution is 5.54. The highest BCUT2D eigenvalue weighted by Gasteiger charge is 2.29. The smallest absolute Gasteiger partial charge is 0.247 e. The first kappa shape index (κ1) is 16.7. The van der Waals surface area contributed by atoms with Crippen LogP contribution >= 0.6 is 0 Å². The summed E-state index contributed by atoms with van der Waals surface area (Å²) < 4.78 is 5.78. The van der Waals surface area contributed by atoms with Gasteiger partial charge in [-0.3, -0.25) is 0 Å². The van der Waals surface area contributed by atoms with Crippen LogP contribution in [0.4, 0.5) is 5.82 Å². The van der Waals surface area contributed by atoms with Gasteiger partial charge >= 0.3 is 0 Å². The molecule has 1 aromatic carbocycles. The molecule has 6 nitrogen and oxygen atoms in total. The van der Waals surface area contributed by atoms with Crippen molar-refractivity contribution in [3.63, 3.8) is 0 Å². The first-order chi connectivity index (χ1) is 12.5. The average Bonchev–Trinajstić information content (AvgIpc) is 3.36. The number of benzene rings is 1. The predicted molar refractivity (Wildman–Crippen MR) is 100.0 cm³/mol. The van der Waals surface area contributed by atoms with Crippen molar-refractivity contribution >= 4 is 5.82 Å². The molecular weight excluding hydrogens is 326 g/mol. The van der Waals surface area contributed by atoms with Gasteiger partial charge in [-0.1, -0.05) is 12.1 Å². The van der Waals surface area contributed by atoms with E-state index < -0.39 is 0 Å². The highest BCUT2D eigenvalue weighted by Crippen LogP contribution is 2.40. The molecule has 1 atom stereocenters. The Morgan fingerprint density at radius 2 is 1.77 bits per heavy atom. The summed E-state index contributed by atoms with van der Waals surface area (Å²) in [6.07, 6.45) is 2.32. The molecule has 0 amide bonds. The minimum Gasteiger partial charge on any atom is -0.420 e. The van der Waals surface area contributed by atoms with Gasteiger partial charge in [-0.15, -0.1) is 10.2 Å². The van der Waals surface area contributed by atoms with Gasteiger partial charge < -0.3 is 9.73 Å². The van der Waals surface area contributed by atoms with Crippen molar-refractivity contribution in [3.8, 4) is 11.5 Å². The van der Waals surface area contributed by atoms with Gasteiger partial charge in [0.25, 0.3) is 0 Å². The zero-order valence-electron chi connectivity index (χ0n) is 15.6. The molecule has 1 saturated carbocycles. The number of hydrogen-bond donors (Lipinski definition) is 1. The summed E-state index contributed by atoms with van der Waals surface area (Å²) >= 11 is 0. The van der Waals surface area contributed by atoms with E-state index >= 15 is 0 Å². The summed E-state index contributed by atoms with van der Waals surface area (Å²) in [5.74, 6) is 3.50. The molecule has 1 fully saturated rings. The van der Waals surface area contributed by atoms with E-state index in [0.29, 0.717) is 11.8 Å². The van der Waals surface area contributed by atoms with Gasteiger partial charge in [-0.05, 0) is 58.2 Å². The van der Waals surface area contributed by atoms with Crippen LogP contribution in [0.15, 0.2) is 28.7 Å². The van der Waals surface area contributed by atoms with Crippen molar-refractivity contribution in [1.82, 2.24) is 20.2 Å². The van der Waals surface area contributed by atoms with Crippen LogP contribution in [-0.2, 0) is 0 Å². The third-order valence-corrected chi connectivity index (χ3v) is 4.88. The van der Waals surface area contributed by atoms with E-state index in [1.807, 2.05) is 32.9 Å². The lowest BCUT2D eigenvalue weighted by Crippen LogP contribution is -2.11. The fourth-order valence-electron chi connectivity index (χ4n) is 2.96. The summed E-state index contributed by atoms with van der Waals surface area (Å²) in [6, 6.07) is 8.36.